The van der Waals surface area contributed by atoms with Gasteiger partial charge in [-0.25, -0.2) is 0 Å². The molecule has 0 saturated carbocycles. The molecule has 3 aliphatic heterocycles. The van der Waals surface area contributed by atoms with Gasteiger partial charge in [0.05, 0.1) is 16.8 Å². The predicted molar refractivity (Wildman–Crippen MR) is 156 cm³/mol. The molecule has 4 aromatic rings. The molecular formula is C33H27NO11. The lowest BCUT2D eigenvalue weighted by molar-refractivity contribution is -0.385. The Labute approximate surface area is 255 Å². The maximum atomic E-state index is 12.7. The number of hydrogen-bond acceptors (Lipinski definition) is 10. The van der Waals surface area contributed by atoms with Crippen molar-refractivity contribution in [1.82, 2.24) is 0 Å². The molecule has 0 saturated heterocycles. The normalized spacial score (nSPS) is 23.2. The van der Waals surface area contributed by atoms with Gasteiger partial charge in [0.2, 0.25) is 0 Å². The number of carbonyl (C=O) groups is 1. The van der Waals surface area contributed by atoms with Gasteiger partial charge in [0.25, 0.3) is 11.5 Å². The van der Waals surface area contributed by atoms with E-state index in [1.165, 1.54) is 55.5 Å². The molecule has 12 nitrogen and oxygen atoms in total. The minimum Gasteiger partial charge on any atom is -0.504 e. The van der Waals surface area contributed by atoms with Crippen molar-refractivity contribution in [3.8, 4) is 40.2 Å². The number of nitro groups is 1. The summed E-state index contributed by atoms with van der Waals surface area (Å²) in [5.74, 6) is -6.60. The molecule has 12 heteroatoms. The van der Waals surface area contributed by atoms with Gasteiger partial charge >= 0.3 is 5.97 Å². The number of aromatic hydroxyl groups is 4. The first-order valence-electron chi connectivity index (χ1n) is 14.2. The minimum absolute atomic E-state index is 0.214. The Morgan fingerprint density at radius 1 is 0.911 bits per heavy atom. The van der Waals surface area contributed by atoms with Gasteiger partial charge in [0, 0.05) is 34.7 Å². The standard InChI is InChI=1S/C33H27NO11/c1-15(32(39)40)30-28-20-14-19(34(41)42)6-11-26(20)44-33(30,18-5-8-22(36)24(38)13-18)45-27-10-4-16-3-9-25(43-31(16)29(27)28)17-2-7-21(35)23(37)12-17/h2,4-8,10-15,25,28,30,35-38H,3,9H2,1H3,(H,39,40)/t15-,25?,28+,30-,33-/m1/s1. The molecule has 45 heavy (non-hydrogen) atoms. The summed E-state index contributed by atoms with van der Waals surface area (Å²) in [5.41, 5.74) is 2.29. The van der Waals surface area contributed by atoms with Crippen molar-refractivity contribution in [3.05, 3.63) is 105 Å². The Bertz CT molecular complexity index is 1910. The minimum atomic E-state index is -1.84. The average molecular weight is 614 g/mol. The third-order valence-corrected chi connectivity index (χ3v) is 9.02. The van der Waals surface area contributed by atoms with Crippen LogP contribution in [-0.4, -0.2) is 36.4 Å². The lowest BCUT2D eigenvalue weighted by Gasteiger charge is -2.53. The van der Waals surface area contributed by atoms with Crippen LogP contribution in [0, 0.1) is 22.0 Å². The quantitative estimate of drug-likeness (QED) is 0.107. The largest absolute Gasteiger partial charge is 0.504 e. The van der Waals surface area contributed by atoms with Crippen molar-refractivity contribution in [2.24, 2.45) is 11.8 Å². The number of carboxylic acids is 1. The van der Waals surface area contributed by atoms with Crippen LogP contribution in [0.5, 0.6) is 40.2 Å². The summed E-state index contributed by atoms with van der Waals surface area (Å²) >= 11 is 0. The van der Waals surface area contributed by atoms with E-state index in [9.17, 15) is 40.4 Å². The first-order chi connectivity index (χ1) is 21.5. The molecule has 5 atom stereocenters. The number of hydrogen-bond donors (Lipinski definition) is 5. The smallest absolute Gasteiger partial charge is 0.306 e. The first kappa shape index (κ1) is 28.1. The van der Waals surface area contributed by atoms with Crippen molar-refractivity contribution >= 4 is 11.7 Å². The second kappa shape index (κ2) is 9.94. The number of phenols is 4. The lowest BCUT2D eigenvalue weighted by atomic mass is 9.64. The summed E-state index contributed by atoms with van der Waals surface area (Å²) in [6.07, 6.45) is 0.546. The maximum Gasteiger partial charge on any atom is 0.306 e. The van der Waals surface area contributed by atoms with Crippen LogP contribution in [0.4, 0.5) is 5.69 Å². The van der Waals surface area contributed by atoms with E-state index in [2.05, 4.69) is 0 Å². The summed E-state index contributed by atoms with van der Waals surface area (Å²) in [5, 5.41) is 62.8. The molecule has 1 unspecified atom stereocenters. The number of nitrogens with zero attached hydrogens (tertiary/aromatic N) is 1. The van der Waals surface area contributed by atoms with Gasteiger partial charge < -0.3 is 39.7 Å². The zero-order chi connectivity index (χ0) is 31.8. The number of aliphatic carboxylic acids is 1. The summed E-state index contributed by atoms with van der Waals surface area (Å²) in [4.78, 5) is 24.1. The van der Waals surface area contributed by atoms with Crippen LogP contribution < -0.4 is 14.2 Å². The zero-order valence-corrected chi connectivity index (χ0v) is 23.7. The molecule has 230 valence electrons. The summed E-state index contributed by atoms with van der Waals surface area (Å²) in [6.45, 7) is 1.49. The molecule has 0 radical (unpaired) electrons. The topological polar surface area (TPSA) is 189 Å². The van der Waals surface area contributed by atoms with Crippen LogP contribution in [0.3, 0.4) is 0 Å². The van der Waals surface area contributed by atoms with Gasteiger partial charge in [-0.1, -0.05) is 19.1 Å². The van der Waals surface area contributed by atoms with Crippen LogP contribution in [0.15, 0.2) is 66.7 Å². The number of nitro benzene ring substituents is 1. The Balaban J connectivity index is 1.50. The van der Waals surface area contributed by atoms with E-state index in [0.29, 0.717) is 35.3 Å². The highest BCUT2D eigenvalue weighted by atomic mass is 16.7. The fourth-order valence-corrected chi connectivity index (χ4v) is 6.85. The molecular weight excluding hydrogens is 586 g/mol. The van der Waals surface area contributed by atoms with E-state index >= 15 is 0 Å². The lowest BCUT2D eigenvalue weighted by Crippen LogP contribution is -2.57. The van der Waals surface area contributed by atoms with Gasteiger partial charge in [-0.15, -0.1) is 0 Å². The third-order valence-electron chi connectivity index (χ3n) is 9.02. The molecule has 0 fully saturated rings. The molecule has 0 spiro atoms. The Kier molecular flexibility index (Phi) is 6.22. The van der Waals surface area contributed by atoms with E-state index in [1.807, 2.05) is 6.07 Å². The summed E-state index contributed by atoms with van der Waals surface area (Å²) in [6, 6.07) is 16.0. The molecule has 7 rings (SSSR count). The van der Waals surface area contributed by atoms with Crippen molar-refractivity contribution in [2.45, 2.75) is 37.6 Å². The van der Waals surface area contributed by atoms with Crippen LogP contribution in [0.1, 0.15) is 53.2 Å². The zero-order valence-electron chi connectivity index (χ0n) is 23.7. The average Bonchev–Trinajstić information content (AvgIpc) is 3.02. The van der Waals surface area contributed by atoms with E-state index < -0.39 is 52.0 Å². The monoisotopic (exact) mass is 613 g/mol. The second-order valence-corrected chi connectivity index (χ2v) is 11.5. The molecule has 2 bridgehead atoms. The molecule has 3 aliphatic rings. The van der Waals surface area contributed by atoms with Gasteiger partial charge in [0.1, 0.15) is 23.4 Å². The molecule has 4 aromatic carbocycles. The van der Waals surface area contributed by atoms with Crippen molar-refractivity contribution in [3.63, 3.8) is 0 Å². The fraction of sp³-hybridized carbons (Fsp3) is 0.242. The summed E-state index contributed by atoms with van der Waals surface area (Å²) in [7, 11) is 0. The van der Waals surface area contributed by atoms with Crippen LogP contribution in [0.25, 0.3) is 0 Å². The molecule has 3 heterocycles. The van der Waals surface area contributed by atoms with Crippen molar-refractivity contribution < 1.29 is 49.5 Å². The Morgan fingerprint density at radius 3 is 2.29 bits per heavy atom. The highest BCUT2D eigenvalue weighted by Crippen LogP contribution is 2.63. The van der Waals surface area contributed by atoms with E-state index in [0.717, 1.165) is 5.56 Å². The Morgan fingerprint density at radius 2 is 1.60 bits per heavy atom. The van der Waals surface area contributed by atoms with Crippen molar-refractivity contribution in [2.75, 3.05) is 0 Å². The third kappa shape index (κ3) is 4.24. The van der Waals surface area contributed by atoms with E-state index in [-0.39, 0.29) is 34.2 Å². The maximum absolute atomic E-state index is 12.7. The van der Waals surface area contributed by atoms with E-state index in [4.69, 9.17) is 14.2 Å². The number of ether oxygens (including phenoxy) is 3. The Hall–Kier alpha value is -5.65. The molecule has 0 aromatic heterocycles. The van der Waals surface area contributed by atoms with Crippen LogP contribution >= 0.6 is 0 Å². The number of benzene rings is 4. The number of rotatable bonds is 5. The van der Waals surface area contributed by atoms with Crippen LogP contribution in [-0.2, 0) is 17.0 Å². The van der Waals surface area contributed by atoms with E-state index in [1.54, 1.807) is 12.1 Å². The highest BCUT2D eigenvalue weighted by molar-refractivity contribution is 5.72. The molecule has 0 amide bonds. The summed E-state index contributed by atoms with van der Waals surface area (Å²) < 4.78 is 19.8. The van der Waals surface area contributed by atoms with Gasteiger partial charge in [-0.05, 0) is 66.4 Å². The van der Waals surface area contributed by atoms with Gasteiger partial charge in [0.15, 0.2) is 23.0 Å². The van der Waals surface area contributed by atoms with Gasteiger partial charge in [-0.3, -0.25) is 14.9 Å². The SMILES string of the molecule is C[C@@H](C(=O)O)[C@@H]1[C@H]2c3cc([N+](=O)[O-])ccc3O[C@]1(c1ccc(O)c(O)c1)Oc1ccc3c(c12)OC(c1ccc(O)c(O)c1)CC3. The van der Waals surface area contributed by atoms with Crippen molar-refractivity contribution in [1.29, 1.82) is 0 Å². The number of fused-ring (bicyclic) bond motifs is 8. The molecule has 5 N–H and O–H groups in total. The second-order valence-electron chi connectivity index (χ2n) is 11.5. The number of non-ortho nitro benzene ring substituents is 1. The van der Waals surface area contributed by atoms with Crippen LogP contribution in [0.2, 0.25) is 0 Å². The number of phenolic OH excluding ortho intramolecular Hbond substituents is 4. The van der Waals surface area contributed by atoms with Gasteiger partial charge in [-0.2, -0.15) is 0 Å². The number of aryl methyl sites for hydroxylation is 1. The first-order valence-corrected chi connectivity index (χ1v) is 14.2. The fourth-order valence-electron chi connectivity index (χ4n) is 6.85. The predicted octanol–water partition coefficient (Wildman–Crippen LogP) is 5.59. The number of carboxylic acid groups (broad SMARTS) is 1. The molecule has 0 aliphatic carbocycles. The highest BCUT2D eigenvalue weighted by Gasteiger charge is 2.62.